The van der Waals surface area contributed by atoms with Gasteiger partial charge >= 0.3 is 12.3 Å². The smallest absolute Gasteiger partial charge is 0.407 e. The Hall–Kier alpha value is -4.40. The second kappa shape index (κ2) is 11.1. The van der Waals surface area contributed by atoms with Crippen LogP contribution in [0.1, 0.15) is 23.5 Å². The number of hydrogen-bond donors (Lipinski definition) is 3. The van der Waals surface area contributed by atoms with Crippen molar-refractivity contribution >= 4 is 23.4 Å². The molecule has 0 aliphatic carbocycles. The van der Waals surface area contributed by atoms with Crippen molar-refractivity contribution in [2.75, 3.05) is 18.5 Å². The Morgan fingerprint density at radius 3 is 2.49 bits per heavy atom. The largest absolute Gasteiger partial charge is 0.418 e. The van der Waals surface area contributed by atoms with Crippen LogP contribution in [-0.4, -0.2) is 45.7 Å². The Balaban J connectivity index is 1.40. The summed E-state index contributed by atoms with van der Waals surface area (Å²) < 4.78 is 78.1. The maximum absolute atomic E-state index is 14.7. The molecule has 0 radical (unpaired) electrons. The number of anilines is 2. The van der Waals surface area contributed by atoms with Gasteiger partial charge in [-0.25, -0.2) is 23.5 Å². The number of halogens is 5. The summed E-state index contributed by atoms with van der Waals surface area (Å²) in [6.07, 6.45) is -2.08. The van der Waals surface area contributed by atoms with Crippen LogP contribution in [0.3, 0.4) is 0 Å². The van der Waals surface area contributed by atoms with Gasteiger partial charge in [-0.3, -0.25) is 9.78 Å². The molecule has 1 aliphatic rings. The second-order valence-corrected chi connectivity index (χ2v) is 8.51. The Labute approximate surface area is 218 Å². The van der Waals surface area contributed by atoms with Gasteiger partial charge in [-0.05, 0) is 25.1 Å². The topological polar surface area (TPSA) is 127 Å². The van der Waals surface area contributed by atoms with Gasteiger partial charge in [0.2, 0.25) is 5.91 Å². The zero-order chi connectivity index (χ0) is 28.2. The Kier molecular flexibility index (Phi) is 7.90. The number of rotatable bonds is 7. The van der Waals surface area contributed by atoms with Crippen LogP contribution in [-0.2, 0) is 22.3 Å². The lowest BCUT2D eigenvalue weighted by Gasteiger charge is -2.26. The third-order valence-corrected chi connectivity index (χ3v) is 5.67. The predicted octanol–water partition coefficient (Wildman–Crippen LogP) is 3.78. The first-order valence-electron chi connectivity index (χ1n) is 11.4. The first-order chi connectivity index (χ1) is 18.4. The van der Waals surface area contributed by atoms with Gasteiger partial charge in [0.1, 0.15) is 23.0 Å². The molecule has 0 saturated carbocycles. The molecule has 0 bridgehead atoms. The van der Waals surface area contributed by atoms with Crippen LogP contribution in [0.15, 0.2) is 42.9 Å². The van der Waals surface area contributed by atoms with Crippen LogP contribution in [0.5, 0.6) is 5.75 Å². The van der Waals surface area contributed by atoms with E-state index in [0.29, 0.717) is 11.9 Å². The van der Waals surface area contributed by atoms with Crippen molar-refractivity contribution in [3.63, 3.8) is 0 Å². The van der Waals surface area contributed by atoms with Crippen LogP contribution in [0.4, 0.5) is 38.1 Å². The molecule has 1 atom stereocenters. The first-order valence-corrected chi connectivity index (χ1v) is 11.4. The van der Waals surface area contributed by atoms with E-state index in [2.05, 4.69) is 30.9 Å². The zero-order valence-corrected chi connectivity index (χ0v) is 20.2. The third kappa shape index (κ3) is 6.73. The van der Waals surface area contributed by atoms with Crippen LogP contribution < -0.4 is 20.7 Å². The molecule has 0 spiro atoms. The molecule has 15 heteroatoms. The fraction of sp³-hybridized carbons (Fsp3) is 0.292. The number of carbonyl (C=O) groups is 2. The number of nitrogens with one attached hydrogen (secondary N) is 3. The molecule has 1 fully saturated rings. The molecule has 1 saturated heterocycles. The van der Waals surface area contributed by atoms with Crippen LogP contribution in [0.25, 0.3) is 0 Å². The van der Waals surface area contributed by atoms with Gasteiger partial charge in [0.05, 0.1) is 54.4 Å². The van der Waals surface area contributed by atoms with E-state index < -0.39 is 53.1 Å². The van der Waals surface area contributed by atoms with E-state index >= 15 is 0 Å². The number of aryl methyl sites for hydroxylation is 1. The van der Waals surface area contributed by atoms with E-state index in [1.807, 2.05) is 0 Å². The lowest BCUT2D eigenvalue weighted by atomic mass is 9.97. The lowest BCUT2D eigenvalue weighted by molar-refractivity contribution is -0.137. The van der Waals surface area contributed by atoms with Gasteiger partial charge < -0.3 is 25.4 Å². The standard InChI is InChI=1S/C24H21F5N6O4/c1-13-30-9-16(10-31-13)39-22(37)35-23(4-5-38-12-23)21(36)33-11-20-18(26)7-15(8-32-20)34-19-3-2-14(25)6-17(19)24(27,28)29/h2-3,6-10,34H,4-5,11-12H2,1H3,(H,33,36)(H,35,37)/t23-/m0/s1. The van der Waals surface area contributed by atoms with E-state index in [9.17, 15) is 31.5 Å². The van der Waals surface area contributed by atoms with E-state index in [4.69, 9.17) is 9.47 Å². The zero-order valence-electron chi connectivity index (χ0n) is 20.2. The molecule has 3 heterocycles. The van der Waals surface area contributed by atoms with Gasteiger partial charge in [-0.1, -0.05) is 0 Å². The van der Waals surface area contributed by atoms with E-state index in [-0.39, 0.29) is 36.8 Å². The van der Waals surface area contributed by atoms with Crippen molar-refractivity contribution in [2.24, 2.45) is 0 Å². The number of carbonyl (C=O) groups excluding carboxylic acids is 2. The van der Waals surface area contributed by atoms with Crippen molar-refractivity contribution in [1.29, 1.82) is 0 Å². The van der Waals surface area contributed by atoms with Crippen molar-refractivity contribution in [2.45, 2.75) is 31.6 Å². The van der Waals surface area contributed by atoms with Crippen molar-refractivity contribution < 1.29 is 41.0 Å². The third-order valence-electron chi connectivity index (χ3n) is 5.67. The predicted molar refractivity (Wildman–Crippen MR) is 125 cm³/mol. The molecule has 3 aromatic rings. The summed E-state index contributed by atoms with van der Waals surface area (Å²) in [7, 11) is 0. The fourth-order valence-corrected chi connectivity index (χ4v) is 3.67. The van der Waals surface area contributed by atoms with Crippen molar-refractivity contribution in [3.05, 3.63) is 71.6 Å². The molecule has 4 rings (SSSR count). The van der Waals surface area contributed by atoms with Gasteiger partial charge in [0, 0.05) is 19.1 Å². The monoisotopic (exact) mass is 552 g/mol. The van der Waals surface area contributed by atoms with Crippen LogP contribution in [0.2, 0.25) is 0 Å². The molecular formula is C24H21F5N6O4. The van der Waals surface area contributed by atoms with E-state index in [1.165, 1.54) is 12.4 Å². The highest BCUT2D eigenvalue weighted by atomic mass is 19.4. The molecule has 10 nitrogen and oxygen atoms in total. The quantitative estimate of drug-likeness (QED) is 0.378. The summed E-state index contributed by atoms with van der Waals surface area (Å²) in [5, 5.41) is 7.32. The minimum absolute atomic E-state index is 0.0514. The van der Waals surface area contributed by atoms with Crippen LogP contribution in [0, 0.1) is 18.6 Å². The molecule has 0 unspecified atom stereocenters. The summed E-state index contributed by atoms with van der Waals surface area (Å²) >= 11 is 0. The highest BCUT2D eigenvalue weighted by Crippen LogP contribution is 2.36. The van der Waals surface area contributed by atoms with Crippen molar-refractivity contribution in [1.82, 2.24) is 25.6 Å². The summed E-state index contributed by atoms with van der Waals surface area (Å²) in [5.74, 6) is -2.19. The molecule has 2 aromatic heterocycles. The van der Waals surface area contributed by atoms with Gasteiger partial charge in [0.25, 0.3) is 0 Å². The number of benzene rings is 1. The molecular weight excluding hydrogens is 531 g/mol. The van der Waals surface area contributed by atoms with Gasteiger partial charge in [0.15, 0.2) is 5.75 Å². The molecule has 1 aliphatic heterocycles. The summed E-state index contributed by atoms with van der Waals surface area (Å²) in [5.41, 5.74) is -3.63. The molecule has 2 amide bonds. The first kappa shape index (κ1) is 27.6. The Morgan fingerprint density at radius 2 is 1.85 bits per heavy atom. The van der Waals surface area contributed by atoms with Gasteiger partial charge in [-0.15, -0.1) is 0 Å². The molecule has 3 N–H and O–H groups in total. The minimum Gasteiger partial charge on any atom is -0.407 e. The van der Waals surface area contributed by atoms with E-state index in [1.54, 1.807) is 6.92 Å². The minimum atomic E-state index is -4.85. The summed E-state index contributed by atoms with van der Waals surface area (Å²) in [4.78, 5) is 37.0. The number of aromatic nitrogens is 3. The van der Waals surface area contributed by atoms with Crippen molar-refractivity contribution in [3.8, 4) is 5.75 Å². The average molecular weight is 552 g/mol. The molecule has 206 valence electrons. The highest BCUT2D eigenvalue weighted by molar-refractivity contribution is 5.90. The Bertz CT molecular complexity index is 1360. The number of hydrogen-bond acceptors (Lipinski definition) is 8. The van der Waals surface area contributed by atoms with E-state index in [0.717, 1.165) is 24.4 Å². The number of nitrogens with zero attached hydrogens (tertiary/aromatic N) is 3. The maximum atomic E-state index is 14.7. The summed E-state index contributed by atoms with van der Waals surface area (Å²) in [6, 6.07) is 2.89. The average Bonchev–Trinajstić information content (AvgIpc) is 3.35. The number of amides is 2. The SMILES string of the molecule is Cc1ncc(OC(=O)N[C@@]2(C(=O)NCc3ncc(Nc4ccc(F)cc4C(F)(F)F)cc3F)CCOC2)cn1. The number of alkyl halides is 3. The highest BCUT2D eigenvalue weighted by Gasteiger charge is 2.44. The van der Waals surface area contributed by atoms with Crippen LogP contribution >= 0.6 is 0 Å². The normalized spacial score (nSPS) is 17.0. The Morgan fingerprint density at radius 1 is 1.10 bits per heavy atom. The number of ether oxygens (including phenoxy) is 2. The molecule has 39 heavy (non-hydrogen) atoms. The summed E-state index contributed by atoms with van der Waals surface area (Å²) in [6.45, 7) is 1.24. The number of pyridine rings is 1. The molecule has 1 aromatic carbocycles. The fourth-order valence-electron chi connectivity index (χ4n) is 3.67. The lowest BCUT2D eigenvalue weighted by Crippen LogP contribution is -2.60. The second-order valence-electron chi connectivity index (χ2n) is 8.51. The van der Waals surface area contributed by atoms with Gasteiger partial charge in [-0.2, -0.15) is 13.2 Å². The maximum Gasteiger partial charge on any atom is 0.418 e.